The highest BCUT2D eigenvalue weighted by atomic mass is 19.3. The number of carbonyl (C=O) groups is 3. The van der Waals surface area contributed by atoms with Crippen LogP contribution in [0, 0.1) is 11.8 Å². The van der Waals surface area contributed by atoms with Crippen molar-refractivity contribution in [3.63, 3.8) is 0 Å². The summed E-state index contributed by atoms with van der Waals surface area (Å²) in [6, 6.07) is 8.45. The molecule has 1 saturated heterocycles. The van der Waals surface area contributed by atoms with Gasteiger partial charge in [0.15, 0.2) is 11.4 Å². The number of rotatable bonds is 18. The molecule has 4 aromatic heterocycles. The Morgan fingerprint density at radius 3 is 2.64 bits per heavy atom. The maximum absolute atomic E-state index is 14.1. The molecule has 61 heavy (non-hydrogen) atoms. The number of nitrogens with zero attached hydrogens (tertiary/aromatic N) is 7. The number of pyridine rings is 1. The van der Waals surface area contributed by atoms with E-state index < -0.39 is 30.0 Å². The first-order valence-corrected chi connectivity index (χ1v) is 21.2. The van der Waals surface area contributed by atoms with Crippen LogP contribution in [0.2, 0.25) is 0 Å². The Kier molecular flexibility index (Phi) is 12.7. The number of nitrogens with one attached hydrogen (secondary N) is 3. The first-order chi connectivity index (χ1) is 29.5. The van der Waals surface area contributed by atoms with Gasteiger partial charge in [0.1, 0.15) is 18.1 Å². The molecule has 16 nitrogen and oxygen atoms in total. The largest absolute Gasteiger partial charge is 0.444 e. The van der Waals surface area contributed by atoms with Crippen LogP contribution in [0.25, 0.3) is 22.5 Å². The van der Waals surface area contributed by atoms with E-state index >= 15 is 0 Å². The second-order valence-corrected chi connectivity index (χ2v) is 16.6. The number of halogens is 2. The van der Waals surface area contributed by atoms with Gasteiger partial charge in [-0.3, -0.25) is 33.5 Å². The number of benzene rings is 1. The molecule has 8 rings (SSSR count). The minimum Gasteiger partial charge on any atom is -0.444 e. The molecule has 3 aliphatic rings. The average Bonchev–Trinajstić information content (AvgIpc) is 3.65. The van der Waals surface area contributed by atoms with Crippen molar-refractivity contribution < 1.29 is 32.3 Å². The molecule has 5 aromatic rings. The zero-order valence-electron chi connectivity index (χ0n) is 34.4. The van der Waals surface area contributed by atoms with Crippen LogP contribution >= 0.6 is 0 Å². The van der Waals surface area contributed by atoms with E-state index in [1.807, 2.05) is 18.2 Å². The van der Waals surface area contributed by atoms with Gasteiger partial charge in [-0.25, -0.2) is 23.5 Å². The number of ether oxygens (including phenoxy) is 1. The fourth-order valence-electron chi connectivity index (χ4n) is 8.54. The van der Waals surface area contributed by atoms with Gasteiger partial charge < -0.3 is 24.7 Å². The third-order valence-electron chi connectivity index (χ3n) is 12.0. The summed E-state index contributed by atoms with van der Waals surface area (Å²) in [4.78, 5) is 61.5. The van der Waals surface area contributed by atoms with Crippen molar-refractivity contribution in [3.8, 4) is 11.5 Å². The highest BCUT2D eigenvalue weighted by Crippen LogP contribution is 2.36. The summed E-state index contributed by atoms with van der Waals surface area (Å²) in [6.07, 6.45) is 9.19. The van der Waals surface area contributed by atoms with Crippen LogP contribution in [0.4, 0.5) is 20.3 Å². The molecule has 5 heterocycles. The number of carbonyl (C=O) groups excluding carboxylic acids is 3. The standard InChI is InChI=1S/C43H52F2N10O6/c1-52(18-20-60-19-4-6-28-5-3-7-33-38(28)53(2)43(59)55(33)34-14-15-36(56)50-41(34)58)23-27-10-12-30(13-11-27)54-24-31(37(51-54)39(44)45)48-40(57)32-25-61-42(49-32)29-16-17-46-35(21-29)47-22-26-8-9-26/h3,5,7,16-17,21,24-27,30,34,39H,4,6,8-15,18-20,22-23H2,1-2H3,(H,46,47)(H,48,57)(H,50,56,58)/t27-,30-,34?. The molecule has 1 unspecified atom stereocenters. The molecule has 18 heteroatoms. The van der Waals surface area contributed by atoms with Gasteiger partial charge in [0.25, 0.3) is 12.3 Å². The molecule has 0 radical (unpaired) electrons. The van der Waals surface area contributed by atoms with Crippen LogP contribution < -0.4 is 21.6 Å². The Morgan fingerprint density at radius 1 is 1.07 bits per heavy atom. The number of oxazole rings is 1. The lowest BCUT2D eigenvalue weighted by molar-refractivity contribution is -0.135. The summed E-state index contributed by atoms with van der Waals surface area (Å²) in [6.45, 7) is 3.60. The van der Waals surface area contributed by atoms with E-state index in [1.165, 1.54) is 29.9 Å². The summed E-state index contributed by atoms with van der Waals surface area (Å²) in [7, 11) is 3.78. The Labute approximate surface area is 351 Å². The number of imide groups is 1. The van der Waals surface area contributed by atoms with Crippen molar-refractivity contribution in [2.45, 2.75) is 82.7 Å². The van der Waals surface area contributed by atoms with Crippen molar-refractivity contribution in [1.82, 2.24) is 39.1 Å². The predicted octanol–water partition coefficient (Wildman–Crippen LogP) is 5.89. The van der Waals surface area contributed by atoms with Gasteiger partial charge in [-0.15, -0.1) is 0 Å². The Balaban J connectivity index is 0.770. The van der Waals surface area contributed by atoms with E-state index in [0.29, 0.717) is 48.4 Å². The molecule has 2 aliphatic carbocycles. The number of piperidine rings is 1. The molecular weight excluding hydrogens is 791 g/mol. The van der Waals surface area contributed by atoms with Gasteiger partial charge in [0.2, 0.25) is 17.7 Å². The monoisotopic (exact) mass is 842 g/mol. The number of fused-ring (bicyclic) bond motifs is 1. The van der Waals surface area contributed by atoms with Crippen molar-refractivity contribution in [1.29, 1.82) is 0 Å². The molecule has 1 aromatic carbocycles. The van der Waals surface area contributed by atoms with Crippen molar-refractivity contribution in [3.05, 3.63) is 76.4 Å². The topological polar surface area (TPSA) is 183 Å². The van der Waals surface area contributed by atoms with E-state index in [4.69, 9.17) is 9.15 Å². The lowest BCUT2D eigenvalue weighted by Crippen LogP contribution is -2.44. The maximum Gasteiger partial charge on any atom is 0.329 e. The summed E-state index contributed by atoms with van der Waals surface area (Å²) >= 11 is 0. The lowest BCUT2D eigenvalue weighted by atomic mass is 9.86. The van der Waals surface area contributed by atoms with Crippen LogP contribution in [0.3, 0.4) is 0 Å². The third kappa shape index (κ3) is 9.75. The quantitative estimate of drug-likeness (QED) is 0.0707. The Hall–Kier alpha value is -5.75. The van der Waals surface area contributed by atoms with Gasteiger partial charge in [-0.1, -0.05) is 12.1 Å². The molecule has 3 amide bonds. The summed E-state index contributed by atoms with van der Waals surface area (Å²) < 4.78 is 44.5. The number of hydrogen-bond acceptors (Lipinski definition) is 11. The summed E-state index contributed by atoms with van der Waals surface area (Å²) in [5.74, 6) is 0.576. The zero-order valence-corrected chi connectivity index (χ0v) is 34.4. The van der Waals surface area contributed by atoms with Gasteiger partial charge in [-0.2, -0.15) is 5.10 Å². The number of hydrogen-bond donors (Lipinski definition) is 3. The van der Waals surface area contributed by atoms with Gasteiger partial charge in [0.05, 0.1) is 29.4 Å². The molecular formula is C43H52F2N10O6. The average molecular weight is 843 g/mol. The number of para-hydroxylation sites is 1. The first-order valence-electron chi connectivity index (χ1n) is 21.2. The van der Waals surface area contributed by atoms with Gasteiger partial charge >= 0.3 is 5.69 Å². The number of aromatic nitrogens is 6. The molecule has 0 bridgehead atoms. The van der Waals surface area contributed by atoms with Crippen LogP contribution in [0.5, 0.6) is 0 Å². The second-order valence-electron chi connectivity index (χ2n) is 16.6. The molecule has 1 aliphatic heterocycles. The van der Waals surface area contributed by atoms with Crippen LogP contribution in [0.1, 0.15) is 98.0 Å². The number of amides is 3. The van der Waals surface area contributed by atoms with E-state index in [9.17, 15) is 28.0 Å². The third-order valence-corrected chi connectivity index (χ3v) is 12.0. The second kappa shape index (κ2) is 18.5. The van der Waals surface area contributed by atoms with Crippen molar-refractivity contribution in [2.75, 3.05) is 50.5 Å². The smallest absolute Gasteiger partial charge is 0.329 e. The number of aryl methyl sites for hydroxylation is 2. The molecule has 324 valence electrons. The van der Waals surface area contributed by atoms with Gasteiger partial charge in [0, 0.05) is 57.7 Å². The van der Waals surface area contributed by atoms with E-state index in [2.05, 4.69) is 43.0 Å². The highest BCUT2D eigenvalue weighted by molar-refractivity contribution is 6.03. The molecule has 3 fully saturated rings. The predicted molar refractivity (Wildman–Crippen MR) is 222 cm³/mol. The Morgan fingerprint density at radius 2 is 1.87 bits per heavy atom. The number of imidazole rings is 1. The highest BCUT2D eigenvalue weighted by Gasteiger charge is 2.32. The fraction of sp³-hybridized carbons (Fsp3) is 0.512. The maximum atomic E-state index is 14.1. The fourth-order valence-corrected chi connectivity index (χ4v) is 8.54. The molecule has 2 saturated carbocycles. The summed E-state index contributed by atoms with van der Waals surface area (Å²) in [5, 5.41) is 12.5. The van der Waals surface area contributed by atoms with Crippen molar-refractivity contribution in [2.24, 2.45) is 18.9 Å². The first kappa shape index (κ1) is 42.0. The molecule has 1 atom stereocenters. The minimum atomic E-state index is -2.88. The number of anilines is 2. The van der Waals surface area contributed by atoms with Crippen LogP contribution in [0.15, 0.2) is 58.2 Å². The minimum absolute atomic E-state index is 0.0364. The van der Waals surface area contributed by atoms with E-state index in [-0.39, 0.29) is 47.8 Å². The number of alkyl halides is 2. The SMILES string of the molecule is CN(CCOCCCc1cccc2c1n(C)c(=O)n2C1CCC(=O)NC1=O)C[C@H]1CC[C@H](n2cc(NC(=O)c3coc(-c4ccnc(NCC5CC5)c4)n3)c(C(F)F)n2)CC1. The van der Waals surface area contributed by atoms with E-state index in [1.54, 1.807) is 34.6 Å². The van der Waals surface area contributed by atoms with E-state index in [0.717, 1.165) is 62.8 Å². The number of likely N-dealkylation sites (N-methyl/N-ethyl adjacent to an activating group) is 1. The lowest BCUT2D eigenvalue weighted by Gasteiger charge is -2.31. The van der Waals surface area contributed by atoms with Crippen LogP contribution in [-0.2, 0) is 27.8 Å². The summed E-state index contributed by atoms with van der Waals surface area (Å²) in [5.41, 5.74) is 2.25. The van der Waals surface area contributed by atoms with Crippen LogP contribution in [-0.4, -0.2) is 91.4 Å². The normalized spacial score (nSPS) is 19.5. The Bertz CT molecular complexity index is 2430. The van der Waals surface area contributed by atoms with Crippen molar-refractivity contribution >= 4 is 40.3 Å². The zero-order chi connectivity index (χ0) is 42.6. The molecule has 0 spiro atoms. The molecule has 3 N–H and O–H groups in total. The van der Waals surface area contributed by atoms with Gasteiger partial charge in [-0.05, 0) is 100 Å².